The lowest BCUT2D eigenvalue weighted by molar-refractivity contribution is -0.126. The number of benzene rings is 2. The summed E-state index contributed by atoms with van der Waals surface area (Å²) >= 11 is 0. The maximum absolute atomic E-state index is 13.1. The van der Waals surface area contributed by atoms with Crippen LogP contribution >= 0.6 is 0 Å². The zero-order valence-electron chi connectivity index (χ0n) is 18.5. The lowest BCUT2D eigenvalue weighted by atomic mass is 9.96. The summed E-state index contributed by atoms with van der Waals surface area (Å²) in [6.07, 6.45) is 1.59. The van der Waals surface area contributed by atoms with E-state index < -0.39 is 0 Å². The lowest BCUT2D eigenvalue weighted by Gasteiger charge is -2.32. The molecule has 1 heterocycles. The van der Waals surface area contributed by atoms with E-state index in [2.05, 4.69) is 24.5 Å². The summed E-state index contributed by atoms with van der Waals surface area (Å²) in [6.45, 7) is 7.70. The van der Waals surface area contributed by atoms with Gasteiger partial charge in [0.15, 0.2) is 0 Å². The highest BCUT2D eigenvalue weighted by atomic mass is 16.2. The Bertz CT molecular complexity index is 955. The molecule has 2 aromatic carbocycles. The Kier molecular flexibility index (Phi) is 7.45. The fraction of sp³-hybridized carbons (Fsp3) is 0.400. The van der Waals surface area contributed by atoms with E-state index in [0.717, 1.165) is 18.4 Å². The van der Waals surface area contributed by atoms with Gasteiger partial charge < -0.3 is 15.5 Å². The normalized spacial score (nSPS) is 16.1. The number of aryl methyl sites for hydroxylation is 1. The second-order valence-corrected chi connectivity index (χ2v) is 8.58. The van der Waals surface area contributed by atoms with Gasteiger partial charge in [0.05, 0.1) is 5.92 Å². The summed E-state index contributed by atoms with van der Waals surface area (Å²) in [5.41, 5.74) is 2.57. The molecule has 0 radical (unpaired) electrons. The van der Waals surface area contributed by atoms with Gasteiger partial charge in [0, 0.05) is 36.4 Å². The molecule has 0 saturated carbocycles. The van der Waals surface area contributed by atoms with Crippen LogP contribution in [0.5, 0.6) is 0 Å². The van der Waals surface area contributed by atoms with Crippen molar-refractivity contribution in [1.29, 1.82) is 0 Å². The molecule has 0 spiro atoms. The molecule has 2 N–H and O–H groups in total. The standard InChI is InChI=1S/C25H31N3O3/c1-17(2)15-26-23(29)20-10-7-13-28(16-20)25(31)19-9-6-11-21(14-19)27-24(30)22-12-5-4-8-18(22)3/h4-6,8-9,11-12,14,17,20H,7,10,13,15-16H2,1-3H3,(H,26,29)(H,27,30). The zero-order valence-corrected chi connectivity index (χ0v) is 18.5. The van der Waals surface area contributed by atoms with Gasteiger partial charge in [0.25, 0.3) is 11.8 Å². The number of likely N-dealkylation sites (tertiary alicyclic amines) is 1. The average Bonchev–Trinajstić information content (AvgIpc) is 2.77. The van der Waals surface area contributed by atoms with Crippen molar-refractivity contribution in [2.24, 2.45) is 11.8 Å². The molecule has 2 aromatic rings. The summed E-state index contributed by atoms with van der Waals surface area (Å²) in [6, 6.07) is 14.3. The molecule has 1 aliphatic rings. The number of carbonyl (C=O) groups excluding carboxylic acids is 3. The number of nitrogens with zero attached hydrogens (tertiary/aromatic N) is 1. The minimum atomic E-state index is -0.206. The largest absolute Gasteiger partial charge is 0.356 e. The molecule has 3 rings (SSSR count). The first kappa shape index (κ1) is 22.5. The molecule has 0 aromatic heterocycles. The molecule has 1 unspecified atom stereocenters. The highest BCUT2D eigenvalue weighted by Crippen LogP contribution is 2.21. The molecule has 31 heavy (non-hydrogen) atoms. The minimum Gasteiger partial charge on any atom is -0.356 e. The summed E-state index contributed by atoms with van der Waals surface area (Å²) in [4.78, 5) is 39.9. The maximum Gasteiger partial charge on any atom is 0.255 e. The van der Waals surface area contributed by atoms with E-state index in [1.54, 1.807) is 35.2 Å². The molecule has 6 heteroatoms. The van der Waals surface area contributed by atoms with E-state index in [9.17, 15) is 14.4 Å². The number of hydrogen-bond donors (Lipinski definition) is 2. The molecule has 164 valence electrons. The Hall–Kier alpha value is -3.15. The summed E-state index contributed by atoms with van der Waals surface area (Å²) in [5, 5.41) is 5.86. The van der Waals surface area contributed by atoms with E-state index in [-0.39, 0.29) is 23.6 Å². The van der Waals surface area contributed by atoms with E-state index in [1.165, 1.54) is 0 Å². The van der Waals surface area contributed by atoms with E-state index in [1.807, 2.05) is 25.1 Å². The third-order valence-electron chi connectivity index (χ3n) is 5.52. The molecular weight excluding hydrogens is 390 g/mol. The Morgan fingerprint density at radius 2 is 1.87 bits per heavy atom. The molecule has 0 bridgehead atoms. The van der Waals surface area contributed by atoms with Crippen LogP contribution in [-0.2, 0) is 4.79 Å². The van der Waals surface area contributed by atoms with Gasteiger partial charge in [-0.25, -0.2) is 0 Å². The van der Waals surface area contributed by atoms with Crippen molar-refractivity contribution in [3.63, 3.8) is 0 Å². The van der Waals surface area contributed by atoms with Crippen LogP contribution < -0.4 is 10.6 Å². The quantitative estimate of drug-likeness (QED) is 0.743. The number of piperidine rings is 1. The molecule has 3 amide bonds. The predicted molar refractivity (Wildman–Crippen MR) is 122 cm³/mol. The van der Waals surface area contributed by atoms with E-state index in [0.29, 0.717) is 42.4 Å². The van der Waals surface area contributed by atoms with Crippen molar-refractivity contribution in [2.75, 3.05) is 25.0 Å². The van der Waals surface area contributed by atoms with Crippen molar-refractivity contribution in [2.45, 2.75) is 33.6 Å². The van der Waals surface area contributed by atoms with Gasteiger partial charge in [-0.2, -0.15) is 0 Å². The second kappa shape index (κ2) is 10.2. The fourth-order valence-electron chi connectivity index (χ4n) is 3.76. The van der Waals surface area contributed by atoms with Crippen molar-refractivity contribution in [3.8, 4) is 0 Å². The lowest BCUT2D eigenvalue weighted by Crippen LogP contribution is -2.46. The predicted octanol–water partition coefficient (Wildman–Crippen LogP) is 3.87. The first-order valence-corrected chi connectivity index (χ1v) is 10.9. The van der Waals surface area contributed by atoms with Crippen molar-refractivity contribution in [1.82, 2.24) is 10.2 Å². The number of hydrogen-bond acceptors (Lipinski definition) is 3. The van der Waals surface area contributed by atoms with Gasteiger partial charge in [-0.05, 0) is 55.5 Å². The number of rotatable bonds is 6. The van der Waals surface area contributed by atoms with Crippen LogP contribution in [0, 0.1) is 18.8 Å². The maximum atomic E-state index is 13.1. The molecule has 1 atom stereocenters. The summed E-state index contributed by atoms with van der Waals surface area (Å²) < 4.78 is 0. The van der Waals surface area contributed by atoms with Crippen LogP contribution in [0.2, 0.25) is 0 Å². The average molecular weight is 422 g/mol. The topological polar surface area (TPSA) is 78.5 Å². The van der Waals surface area contributed by atoms with Gasteiger partial charge >= 0.3 is 0 Å². The van der Waals surface area contributed by atoms with Gasteiger partial charge in [-0.1, -0.05) is 38.1 Å². The monoisotopic (exact) mass is 421 g/mol. The molecule has 6 nitrogen and oxygen atoms in total. The Labute approximate surface area is 184 Å². The third-order valence-corrected chi connectivity index (χ3v) is 5.52. The van der Waals surface area contributed by atoms with Gasteiger partial charge in [-0.3, -0.25) is 14.4 Å². The van der Waals surface area contributed by atoms with Crippen molar-refractivity contribution < 1.29 is 14.4 Å². The van der Waals surface area contributed by atoms with Crippen LogP contribution in [0.1, 0.15) is 53.0 Å². The Morgan fingerprint density at radius 1 is 1.10 bits per heavy atom. The first-order valence-electron chi connectivity index (χ1n) is 10.9. The van der Waals surface area contributed by atoms with Crippen LogP contribution in [0.4, 0.5) is 5.69 Å². The van der Waals surface area contributed by atoms with Gasteiger partial charge in [0.2, 0.25) is 5.91 Å². The summed E-state index contributed by atoms with van der Waals surface area (Å²) in [7, 11) is 0. The van der Waals surface area contributed by atoms with Crippen molar-refractivity contribution >= 4 is 23.4 Å². The Balaban J connectivity index is 1.66. The molecule has 1 saturated heterocycles. The third kappa shape index (κ3) is 5.94. The highest BCUT2D eigenvalue weighted by Gasteiger charge is 2.29. The van der Waals surface area contributed by atoms with Crippen LogP contribution in [0.25, 0.3) is 0 Å². The van der Waals surface area contributed by atoms with Gasteiger partial charge in [-0.15, -0.1) is 0 Å². The minimum absolute atomic E-state index is 0.0189. The molecular formula is C25H31N3O3. The summed E-state index contributed by atoms with van der Waals surface area (Å²) in [5.74, 6) is -0.0929. The second-order valence-electron chi connectivity index (χ2n) is 8.58. The number of amides is 3. The van der Waals surface area contributed by atoms with E-state index >= 15 is 0 Å². The van der Waals surface area contributed by atoms with Gasteiger partial charge in [0.1, 0.15) is 0 Å². The molecule has 0 aliphatic carbocycles. The smallest absolute Gasteiger partial charge is 0.255 e. The number of nitrogens with one attached hydrogen (secondary N) is 2. The fourth-order valence-corrected chi connectivity index (χ4v) is 3.76. The number of anilines is 1. The van der Waals surface area contributed by atoms with Crippen LogP contribution in [-0.4, -0.2) is 42.3 Å². The number of carbonyl (C=O) groups is 3. The van der Waals surface area contributed by atoms with E-state index in [4.69, 9.17) is 0 Å². The highest BCUT2D eigenvalue weighted by molar-refractivity contribution is 6.06. The SMILES string of the molecule is Cc1ccccc1C(=O)Nc1cccc(C(=O)N2CCCC(C(=O)NCC(C)C)C2)c1. The van der Waals surface area contributed by atoms with Crippen molar-refractivity contribution in [3.05, 3.63) is 65.2 Å². The zero-order chi connectivity index (χ0) is 22.4. The van der Waals surface area contributed by atoms with Crippen LogP contribution in [0.3, 0.4) is 0 Å². The molecule has 1 fully saturated rings. The Morgan fingerprint density at radius 3 is 2.61 bits per heavy atom. The van der Waals surface area contributed by atoms with Crippen LogP contribution in [0.15, 0.2) is 48.5 Å². The molecule has 1 aliphatic heterocycles. The first-order chi connectivity index (χ1) is 14.8.